The van der Waals surface area contributed by atoms with Crippen LogP contribution in [0.15, 0.2) is 42.6 Å². The van der Waals surface area contributed by atoms with Gasteiger partial charge in [0.25, 0.3) is 0 Å². The van der Waals surface area contributed by atoms with Crippen molar-refractivity contribution in [1.82, 2.24) is 4.98 Å². The van der Waals surface area contributed by atoms with Gasteiger partial charge in [-0.25, -0.2) is 0 Å². The molecule has 0 amide bonds. The lowest BCUT2D eigenvalue weighted by molar-refractivity contribution is -0.134. The highest BCUT2D eigenvalue weighted by Gasteiger charge is 2.34. The van der Waals surface area contributed by atoms with Crippen LogP contribution in [-0.2, 0) is 17.6 Å². The SMILES string of the molecule is Cc1ccc(CC(=O)[C@@](C)(O)CN2CCc3ccccc32)cn1. The largest absolute Gasteiger partial charge is 0.380 e. The van der Waals surface area contributed by atoms with Crippen LogP contribution >= 0.6 is 0 Å². The predicted molar refractivity (Wildman–Crippen MR) is 90.7 cm³/mol. The van der Waals surface area contributed by atoms with Crippen molar-refractivity contribution in [3.8, 4) is 0 Å². The molecule has 0 bridgehead atoms. The number of pyridine rings is 1. The average Bonchev–Trinajstić information content (AvgIpc) is 2.92. The molecule has 0 spiro atoms. The third kappa shape index (κ3) is 3.42. The number of β-amino-alcohol motifs (C(OH)–C–C–N with tert-alkyl or cyclic N) is 1. The molecule has 23 heavy (non-hydrogen) atoms. The second kappa shape index (κ2) is 6.13. The maximum Gasteiger partial charge on any atom is 0.170 e. The molecule has 2 aromatic rings. The number of aryl methyl sites for hydroxylation is 1. The molecule has 0 aliphatic carbocycles. The topological polar surface area (TPSA) is 53.4 Å². The monoisotopic (exact) mass is 310 g/mol. The summed E-state index contributed by atoms with van der Waals surface area (Å²) in [5.74, 6) is -0.174. The summed E-state index contributed by atoms with van der Waals surface area (Å²) in [7, 11) is 0. The number of nitrogens with zero attached hydrogens (tertiary/aromatic N) is 2. The molecule has 4 heteroatoms. The molecule has 1 aromatic heterocycles. The van der Waals surface area contributed by atoms with Gasteiger partial charge in [-0.1, -0.05) is 24.3 Å². The number of Topliss-reactive ketones (excluding diaryl/α,β-unsaturated/α-hetero) is 1. The summed E-state index contributed by atoms with van der Waals surface area (Å²) in [6, 6.07) is 11.9. The molecule has 0 saturated heterocycles. The molecular formula is C19H22N2O2. The second-order valence-electron chi connectivity index (χ2n) is 6.48. The van der Waals surface area contributed by atoms with Crippen molar-refractivity contribution in [3.63, 3.8) is 0 Å². The zero-order valence-corrected chi connectivity index (χ0v) is 13.6. The van der Waals surface area contributed by atoms with Gasteiger partial charge in [0.15, 0.2) is 5.78 Å². The number of rotatable bonds is 5. The minimum atomic E-state index is -1.37. The lowest BCUT2D eigenvalue weighted by atomic mass is 9.95. The maximum absolute atomic E-state index is 12.5. The molecular weight excluding hydrogens is 288 g/mol. The smallest absolute Gasteiger partial charge is 0.170 e. The second-order valence-corrected chi connectivity index (χ2v) is 6.48. The molecule has 3 rings (SSSR count). The van der Waals surface area contributed by atoms with Gasteiger partial charge in [-0.2, -0.15) is 0 Å². The molecule has 0 radical (unpaired) electrons. The third-order valence-electron chi connectivity index (χ3n) is 4.42. The van der Waals surface area contributed by atoms with E-state index in [1.165, 1.54) is 5.56 Å². The van der Waals surface area contributed by atoms with Crippen LogP contribution < -0.4 is 4.90 Å². The van der Waals surface area contributed by atoms with E-state index in [1.807, 2.05) is 37.3 Å². The number of hydrogen-bond acceptors (Lipinski definition) is 4. The number of para-hydroxylation sites is 1. The van der Waals surface area contributed by atoms with E-state index in [9.17, 15) is 9.90 Å². The number of ketones is 1. The molecule has 0 fully saturated rings. The highest BCUT2D eigenvalue weighted by Crippen LogP contribution is 2.29. The number of carbonyl (C=O) groups excluding carboxylic acids is 1. The van der Waals surface area contributed by atoms with Crippen molar-refractivity contribution in [2.24, 2.45) is 0 Å². The van der Waals surface area contributed by atoms with Gasteiger partial charge in [-0.15, -0.1) is 0 Å². The quantitative estimate of drug-likeness (QED) is 0.921. The van der Waals surface area contributed by atoms with Crippen molar-refractivity contribution in [1.29, 1.82) is 0 Å². The fourth-order valence-electron chi connectivity index (χ4n) is 3.01. The number of hydrogen-bond donors (Lipinski definition) is 1. The third-order valence-corrected chi connectivity index (χ3v) is 4.42. The van der Waals surface area contributed by atoms with E-state index in [0.29, 0.717) is 6.54 Å². The summed E-state index contributed by atoms with van der Waals surface area (Å²) in [5, 5.41) is 10.7. The van der Waals surface area contributed by atoms with Crippen molar-refractivity contribution in [2.75, 3.05) is 18.0 Å². The summed E-state index contributed by atoms with van der Waals surface area (Å²) in [5.41, 5.74) is 2.78. The molecule has 1 atom stereocenters. The number of carbonyl (C=O) groups is 1. The normalized spacial score (nSPS) is 16.0. The van der Waals surface area contributed by atoms with Crippen molar-refractivity contribution in [3.05, 3.63) is 59.4 Å². The zero-order valence-electron chi connectivity index (χ0n) is 13.6. The fraction of sp³-hybridized carbons (Fsp3) is 0.368. The summed E-state index contributed by atoms with van der Waals surface area (Å²) in [4.78, 5) is 18.8. The zero-order chi connectivity index (χ0) is 16.4. The Morgan fingerprint density at radius 3 is 2.83 bits per heavy atom. The average molecular weight is 310 g/mol. The first-order chi connectivity index (χ1) is 11.0. The van der Waals surface area contributed by atoms with E-state index in [0.717, 1.165) is 29.9 Å². The summed E-state index contributed by atoms with van der Waals surface area (Å²) in [6.07, 6.45) is 2.87. The van der Waals surface area contributed by atoms with Crippen LogP contribution in [0.5, 0.6) is 0 Å². The molecule has 1 aliphatic heterocycles. The van der Waals surface area contributed by atoms with Gasteiger partial charge in [0.2, 0.25) is 0 Å². The Hall–Kier alpha value is -2.20. The molecule has 0 unspecified atom stereocenters. The lowest BCUT2D eigenvalue weighted by Gasteiger charge is -2.29. The van der Waals surface area contributed by atoms with Gasteiger partial charge in [-0.3, -0.25) is 9.78 Å². The van der Waals surface area contributed by atoms with E-state index in [2.05, 4.69) is 16.0 Å². The van der Waals surface area contributed by atoms with Crippen LogP contribution in [0.25, 0.3) is 0 Å². The Bertz CT molecular complexity index is 708. The first kappa shape index (κ1) is 15.7. The summed E-state index contributed by atoms with van der Waals surface area (Å²) in [6.45, 7) is 4.68. The highest BCUT2D eigenvalue weighted by molar-refractivity contribution is 5.89. The van der Waals surface area contributed by atoms with Crippen LogP contribution in [0.3, 0.4) is 0 Å². The van der Waals surface area contributed by atoms with Crippen LogP contribution in [0.1, 0.15) is 23.7 Å². The molecule has 1 aliphatic rings. The summed E-state index contributed by atoms with van der Waals surface area (Å²) < 4.78 is 0. The Morgan fingerprint density at radius 2 is 2.09 bits per heavy atom. The van der Waals surface area contributed by atoms with Crippen LogP contribution in [0.4, 0.5) is 5.69 Å². The lowest BCUT2D eigenvalue weighted by Crippen LogP contribution is -2.47. The number of benzene rings is 1. The van der Waals surface area contributed by atoms with E-state index in [1.54, 1.807) is 13.1 Å². The Balaban J connectivity index is 1.69. The van der Waals surface area contributed by atoms with Crippen molar-refractivity contribution < 1.29 is 9.90 Å². The Morgan fingerprint density at radius 1 is 1.30 bits per heavy atom. The van der Waals surface area contributed by atoms with E-state index >= 15 is 0 Å². The molecule has 1 N–H and O–H groups in total. The van der Waals surface area contributed by atoms with E-state index in [-0.39, 0.29) is 12.2 Å². The summed E-state index contributed by atoms with van der Waals surface area (Å²) >= 11 is 0. The molecule has 120 valence electrons. The standard InChI is InChI=1S/C19H22N2O2/c1-14-7-8-15(12-20-14)11-18(22)19(2,23)13-21-10-9-16-5-3-4-6-17(16)21/h3-8,12,23H,9-11,13H2,1-2H3/t19-/m0/s1. The van der Waals surface area contributed by atoms with Crippen LogP contribution in [0, 0.1) is 6.92 Å². The van der Waals surface area contributed by atoms with Gasteiger partial charge in [0.05, 0.1) is 6.54 Å². The molecule has 1 aromatic carbocycles. The van der Waals surface area contributed by atoms with E-state index < -0.39 is 5.60 Å². The number of aliphatic hydroxyl groups is 1. The molecule has 2 heterocycles. The minimum Gasteiger partial charge on any atom is -0.380 e. The first-order valence-corrected chi connectivity index (χ1v) is 7.96. The fourth-order valence-corrected chi connectivity index (χ4v) is 3.01. The Kier molecular flexibility index (Phi) is 4.18. The Labute approximate surface area is 136 Å². The van der Waals surface area contributed by atoms with Crippen molar-refractivity contribution >= 4 is 11.5 Å². The van der Waals surface area contributed by atoms with Gasteiger partial charge in [0, 0.05) is 30.5 Å². The van der Waals surface area contributed by atoms with Gasteiger partial charge < -0.3 is 10.0 Å². The number of anilines is 1. The van der Waals surface area contributed by atoms with E-state index in [4.69, 9.17) is 0 Å². The predicted octanol–water partition coefficient (Wildman–Crippen LogP) is 2.32. The maximum atomic E-state index is 12.5. The van der Waals surface area contributed by atoms with Crippen LogP contribution in [-0.4, -0.2) is 34.6 Å². The molecule has 4 nitrogen and oxygen atoms in total. The highest BCUT2D eigenvalue weighted by atomic mass is 16.3. The van der Waals surface area contributed by atoms with Gasteiger partial charge >= 0.3 is 0 Å². The van der Waals surface area contributed by atoms with Crippen LogP contribution in [0.2, 0.25) is 0 Å². The first-order valence-electron chi connectivity index (χ1n) is 7.96. The van der Waals surface area contributed by atoms with Crippen molar-refractivity contribution in [2.45, 2.75) is 32.3 Å². The van der Waals surface area contributed by atoms with Gasteiger partial charge in [0.1, 0.15) is 5.60 Å². The molecule has 0 saturated carbocycles. The minimum absolute atomic E-state index is 0.174. The van der Waals surface area contributed by atoms with Gasteiger partial charge in [-0.05, 0) is 43.5 Å². The number of aromatic nitrogens is 1. The number of fused-ring (bicyclic) bond motifs is 1.